The van der Waals surface area contributed by atoms with Gasteiger partial charge in [0, 0.05) is 11.7 Å². The first-order valence-electron chi connectivity index (χ1n) is 3.98. The highest BCUT2D eigenvalue weighted by Gasteiger charge is 2.02. The summed E-state index contributed by atoms with van der Waals surface area (Å²) in [5.74, 6) is 0. The fourth-order valence-electron chi connectivity index (χ4n) is 1.41. The molecule has 1 nitrogen and oxygen atoms in total. The molecule has 0 N–H and O–H groups in total. The molecule has 0 bridgehead atoms. The van der Waals surface area contributed by atoms with E-state index in [0.717, 1.165) is 0 Å². The average molecular weight is 180 g/mol. The molecule has 0 saturated carbocycles. The molecule has 1 atom stereocenters. The molecule has 2 heteroatoms. The molecule has 0 radical (unpaired) electrons. The van der Waals surface area contributed by atoms with Crippen molar-refractivity contribution in [3.63, 3.8) is 0 Å². The zero-order chi connectivity index (χ0) is 8.55. The maximum atomic E-state index is 5.99. The van der Waals surface area contributed by atoms with Gasteiger partial charge in [-0.1, -0.05) is 29.8 Å². The van der Waals surface area contributed by atoms with E-state index in [0.29, 0.717) is 0 Å². The van der Waals surface area contributed by atoms with Gasteiger partial charge in [0.05, 0.1) is 0 Å². The first-order valence-corrected chi connectivity index (χ1v) is 4.42. The van der Waals surface area contributed by atoms with Crippen molar-refractivity contribution in [2.75, 3.05) is 0 Å². The van der Waals surface area contributed by atoms with Gasteiger partial charge in [-0.05, 0) is 24.4 Å². The third kappa shape index (κ3) is 1.10. The van der Waals surface area contributed by atoms with E-state index in [1.807, 2.05) is 25.3 Å². The Kier molecular flexibility index (Phi) is 1.81. The van der Waals surface area contributed by atoms with Crippen LogP contribution in [-0.4, -0.2) is 4.57 Å². The summed E-state index contributed by atoms with van der Waals surface area (Å²) in [5.41, 5.74) is 1.21. The van der Waals surface area contributed by atoms with Crippen molar-refractivity contribution >= 4 is 22.5 Å². The molecule has 2 rings (SSSR count). The number of hydrogen-bond donors (Lipinski definition) is 0. The van der Waals surface area contributed by atoms with Crippen molar-refractivity contribution in [2.45, 2.75) is 12.4 Å². The monoisotopic (exact) mass is 179 g/mol. The lowest BCUT2D eigenvalue weighted by Gasteiger charge is -2.06. The van der Waals surface area contributed by atoms with E-state index in [2.05, 4.69) is 22.8 Å². The molecule has 0 amide bonds. The van der Waals surface area contributed by atoms with Crippen LogP contribution in [0.5, 0.6) is 0 Å². The van der Waals surface area contributed by atoms with Gasteiger partial charge in [0.25, 0.3) is 0 Å². The van der Waals surface area contributed by atoms with Crippen LogP contribution in [0.4, 0.5) is 0 Å². The van der Waals surface area contributed by atoms with E-state index in [1.165, 1.54) is 10.9 Å². The standard InChI is InChI=1S/C10H10ClN/c1-8(11)12-7-6-9-4-2-3-5-10(9)12/h2-8H,1H3. The first-order chi connectivity index (χ1) is 5.79. The minimum atomic E-state index is 0.0184. The predicted molar refractivity (Wildman–Crippen MR) is 52.5 cm³/mol. The first kappa shape index (κ1) is 7.69. The summed E-state index contributed by atoms with van der Waals surface area (Å²) < 4.78 is 2.05. The summed E-state index contributed by atoms with van der Waals surface area (Å²) in [6, 6.07) is 10.3. The van der Waals surface area contributed by atoms with Gasteiger partial charge >= 0.3 is 0 Å². The van der Waals surface area contributed by atoms with Crippen LogP contribution in [0.2, 0.25) is 0 Å². The third-order valence-electron chi connectivity index (χ3n) is 2.01. The Morgan fingerprint density at radius 3 is 2.75 bits per heavy atom. The molecule has 0 aliphatic carbocycles. The van der Waals surface area contributed by atoms with Crippen molar-refractivity contribution in [1.82, 2.24) is 4.57 Å². The van der Waals surface area contributed by atoms with Crippen LogP contribution >= 0.6 is 11.6 Å². The highest BCUT2D eigenvalue weighted by Crippen LogP contribution is 2.21. The normalized spacial score (nSPS) is 13.5. The van der Waals surface area contributed by atoms with Crippen molar-refractivity contribution in [2.24, 2.45) is 0 Å². The van der Waals surface area contributed by atoms with Gasteiger partial charge in [0.15, 0.2) is 0 Å². The summed E-state index contributed by atoms with van der Waals surface area (Å²) in [6.07, 6.45) is 2.02. The van der Waals surface area contributed by atoms with E-state index in [1.54, 1.807) is 0 Å². The third-order valence-corrected chi connectivity index (χ3v) is 2.22. The number of benzene rings is 1. The summed E-state index contributed by atoms with van der Waals surface area (Å²) in [5, 5.41) is 1.24. The lowest BCUT2D eigenvalue weighted by molar-refractivity contribution is 0.760. The van der Waals surface area contributed by atoms with E-state index in [-0.39, 0.29) is 5.50 Å². The van der Waals surface area contributed by atoms with Gasteiger partial charge < -0.3 is 4.57 Å². The van der Waals surface area contributed by atoms with Crippen LogP contribution < -0.4 is 0 Å². The molecule has 1 aromatic heterocycles. The van der Waals surface area contributed by atoms with Crippen LogP contribution in [0, 0.1) is 0 Å². The molecule has 1 aromatic carbocycles. The molecule has 1 unspecified atom stereocenters. The Labute approximate surface area is 76.6 Å². The number of hydrogen-bond acceptors (Lipinski definition) is 0. The Bertz CT molecular complexity index is 389. The minimum absolute atomic E-state index is 0.0184. The summed E-state index contributed by atoms with van der Waals surface area (Å²) in [4.78, 5) is 0. The Hall–Kier alpha value is -0.950. The maximum Gasteiger partial charge on any atom is 0.105 e. The van der Waals surface area contributed by atoms with Gasteiger partial charge in [0.1, 0.15) is 5.50 Å². The van der Waals surface area contributed by atoms with Crippen LogP contribution in [0.3, 0.4) is 0 Å². The SMILES string of the molecule is CC(Cl)n1ccc2ccccc21. The van der Waals surface area contributed by atoms with Crippen molar-refractivity contribution in [1.29, 1.82) is 0 Å². The topological polar surface area (TPSA) is 4.93 Å². The molecule has 0 saturated heterocycles. The Morgan fingerprint density at radius 1 is 1.25 bits per heavy atom. The molecular formula is C10H10ClN. The van der Waals surface area contributed by atoms with Gasteiger partial charge in [0.2, 0.25) is 0 Å². The van der Waals surface area contributed by atoms with E-state index >= 15 is 0 Å². The quantitative estimate of drug-likeness (QED) is 0.592. The highest BCUT2D eigenvalue weighted by molar-refractivity contribution is 6.19. The number of fused-ring (bicyclic) bond motifs is 1. The van der Waals surface area contributed by atoms with Crippen LogP contribution in [0.25, 0.3) is 10.9 Å². The summed E-state index contributed by atoms with van der Waals surface area (Å²) in [6.45, 7) is 1.97. The number of halogens is 1. The lowest BCUT2D eigenvalue weighted by Crippen LogP contribution is -1.94. The van der Waals surface area contributed by atoms with Crippen LogP contribution in [0.15, 0.2) is 36.5 Å². The van der Waals surface area contributed by atoms with Crippen molar-refractivity contribution in [3.8, 4) is 0 Å². The summed E-state index contributed by atoms with van der Waals surface area (Å²) in [7, 11) is 0. The molecule has 0 spiro atoms. The van der Waals surface area contributed by atoms with Crippen LogP contribution in [-0.2, 0) is 0 Å². The number of rotatable bonds is 1. The fraction of sp³-hybridized carbons (Fsp3) is 0.200. The minimum Gasteiger partial charge on any atom is -0.331 e. The van der Waals surface area contributed by atoms with E-state index in [9.17, 15) is 0 Å². The summed E-state index contributed by atoms with van der Waals surface area (Å²) >= 11 is 5.99. The second-order valence-corrected chi connectivity index (χ2v) is 3.49. The molecule has 12 heavy (non-hydrogen) atoms. The fourth-order valence-corrected chi connectivity index (χ4v) is 1.58. The molecule has 0 aliphatic heterocycles. The highest BCUT2D eigenvalue weighted by atomic mass is 35.5. The van der Waals surface area contributed by atoms with E-state index in [4.69, 9.17) is 11.6 Å². The van der Waals surface area contributed by atoms with Gasteiger partial charge in [-0.2, -0.15) is 0 Å². The Balaban J connectivity index is 2.70. The van der Waals surface area contributed by atoms with Gasteiger partial charge in [-0.25, -0.2) is 0 Å². The molecular weight excluding hydrogens is 170 g/mol. The number of nitrogens with zero attached hydrogens (tertiary/aromatic N) is 1. The average Bonchev–Trinajstić information content (AvgIpc) is 2.47. The zero-order valence-electron chi connectivity index (χ0n) is 6.87. The largest absolute Gasteiger partial charge is 0.331 e. The molecule has 1 heterocycles. The molecule has 2 aromatic rings. The second-order valence-electron chi connectivity index (χ2n) is 2.86. The van der Waals surface area contributed by atoms with Crippen molar-refractivity contribution in [3.05, 3.63) is 36.5 Å². The van der Waals surface area contributed by atoms with Gasteiger partial charge in [-0.15, -0.1) is 0 Å². The van der Waals surface area contributed by atoms with E-state index < -0.39 is 0 Å². The van der Waals surface area contributed by atoms with Crippen LogP contribution in [0.1, 0.15) is 12.4 Å². The smallest absolute Gasteiger partial charge is 0.105 e. The zero-order valence-corrected chi connectivity index (χ0v) is 7.62. The number of para-hydroxylation sites is 1. The molecule has 0 aliphatic rings. The Morgan fingerprint density at radius 2 is 2.00 bits per heavy atom. The lowest BCUT2D eigenvalue weighted by atomic mass is 10.2. The molecule has 62 valence electrons. The van der Waals surface area contributed by atoms with Gasteiger partial charge in [-0.3, -0.25) is 0 Å². The number of aromatic nitrogens is 1. The number of alkyl halides is 1. The second kappa shape index (κ2) is 2.83. The van der Waals surface area contributed by atoms with Crippen molar-refractivity contribution < 1.29 is 0 Å². The molecule has 0 fully saturated rings. The maximum absolute atomic E-state index is 5.99. The predicted octanol–water partition coefficient (Wildman–Crippen LogP) is 3.40.